The molecule has 0 radical (unpaired) electrons. The maximum atomic E-state index is 6.08. The Bertz CT molecular complexity index is 1860. The minimum atomic E-state index is 0. The monoisotopic (exact) mass is 777 g/mol. The molecule has 8 nitrogen and oxygen atoms in total. The zero-order valence-electron chi connectivity index (χ0n) is 32.4. The fraction of sp³-hybridized carbons (Fsp3) is 0.404. The number of fused-ring (bicyclic) bond motifs is 4. The van der Waals surface area contributed by atoms with E-state index in [-0.39, 0.29) is 7.43 Å². The zero-order valence-corrected chi connectivity index (χ0v) is 33.2. The normalized spacial score (nSPS) is 17.1. The van der Waals surface area contributed by atoms with Gasteiger partial charge >= 0.3 is 0 Å². The van der Waals surface area contributed by atoms with Gasteiger partial charge in [0.15, 0.2) is 0 Å². The SMILES string of the molecule is C.C1CNCCNCCNCCN1.ClCc1c2ccccc2cc2ccccc12.c1ccc2c(CN3CCNCCNCCNCC3)c3ccccc3cc2c1. The number of rotatable bonds is 3. The van der Waals surface area contributed by atoms with E-state index >= 15 is 0 Å². The van der Waals surface area contributed by atoms with Crippen molar-refractivity contribution in [3.63, 3.8) is 0 Å². The van der Waals surface area contributed by atoms with Crippen LogP contribution in [0.1, 0.15) is 18.6 Å². The Labute approximate surface area is 340 Å². The van der Waals surface area contributed by atoms with Gasteiger partial charge in [0.2, 0.25) is 0 Å². The van der Waals surface area contributed by atoms with Gasteiger partial charge in [-0.1, -0.05) is 104 Å². The highest BCUT2D eigenvalue weighted by atomic mass is 35.5. The second-order valence-electron chi connectivity index (χ2n) is 14.3. The van der Waals surface area contributed by atoms with Crippen molar-refractivity contribution in [3.05, 3.63) is 120 Å². The Hall–Kier alpha value is -3.67. The predicted octanol–water partition coefficient (Wildman–Crippen LogP) is 6.30. The topological polar surface area (TPSA) is 87.5 Å². The molecule has 0 spiro atoms. The summed E-state index contributed by atoms with van der Waals surface area (Å²) >= 11 is 6.08. The minimum absolute atomic E-state index is 0. The first-order chi connectivity index (χ1) is 27.3. The highest BCUT2D eigenvalue weighted by Crippen LogP contribution is 2.30. The maximum absolute atomic E-state index is 6.08. The van der Waals surface area contributed by atoms with E-state index in [9.17, 15) is 0 Å². The van der Waals surface area contributed by atoms with Crippen molar-refractivity contribution < 1.29 is 0 Å². The van der Waals surface area contributed by atoms with E-state index in [4.69, 9.17) is 11.6 Å². The number of alkyl halides is 1. The van der Waals surface area contributed by atoms with Crippen molar-refractivity contribution in [1.29, 1.82) is 0 Å². The lowest BCUT2D eigenvalue weighted by Crippen LogP contribution is -2.41. The third kappa shape index (κ3) is 13.2. The molecule has 2 saturated heterocycles. The molecule has 6 aromatic rings. The molecule has 2 aliphatic rings. The number of halogens is 1. The van der Waals surface area contributed by atoms with E-state index in [0.29, 0.717) is 5.88 Å². The molecule has 9 heteroatoms. The van der Waals surface area contributed by atoms with E-state index in [2.05, 4.69) is 151 Å². The molecule has 2 heterocycles. The van der Waals surface area contributed by atoms with Gasteiger partial charge in [-0.15, -0.1) is 11.6 Å². The Morgan fingerprint density at radius 3 is 0.946 bits per heavy atom. The Kier molecular flexibility index (Phi) is 19.3. The summed E-state index contributed by atoms with van der Waals surface area (Å²) in [4.78, 5) is 2.59. The predicted molar refractivity (Wildman–Crippen MR) is 245 cm³/mol. The van der Waals surface area contributed by atoms with Gasteiger partial charge in [-0.25, -0.2) is 0 Å². The molecule has 0 atom stereocenters. The molecule has 2 aliphatic heterocycles. The third-order valence-electron chi connectivity index (χ3n) is 10.4. The van der Waals surface area contributed by atoms with E-state index in [1.807, 2.05) is 0 Å². The van der Waals surface area contributed by atoms with Crippen LogP contribution in [0.3, 0.4) is 0 Å². The van der Waals surface area contributed by atoms with Gasteiger partial charge in [0, 0.05) is 117 Å². The largest absolute Gasteiger partial charge is 0.314 e. The second-order valence-corrected chi connectivity index (χ2v) is 14.5. The smallest absolute Gasteiger partial charge is 0.0486 e. The summed E-state index contributed by atoms with van der Waals surface area (Å²) in [5.74, 6) is 0.557. The summed E-state index contributed by atoms with van der Waals surface area (Å²) in [6.07, 6.45) is 0. The van der Waals surface area contributed by atoms with Gasteiger partial charge in [0.25, 0.3) is 0 Å². The van der Waals surface area contributed by atoms with Gasteiger partial charge in [-0.05, 0) is 66.3 Å². The van der Waals surface area contributed by atoms with Crippen molar-refractivity contribution >= 4 is 54.7 Å². The Morgan fingerprint density at radius 2 is 0.643 bits per heavy atom. The standard InChI is InChI=1S/C23H30N4.C15H11Cl.C8H20N4.CH4/c1-3-7-21-19(5-1)17-20-6-2-4-8-22(20)23(21)18-27-15-13-25-11-9-24-10-12-26-14-16-27;16-10-15-13-7-3-1-5-11(13)9-12-6-2-4-8-14(12)15;1-2-10-5-6-12-8-7-11-4-3-9-1;/h1-8,17,24-26H,9-16,18H2;1-9H,10H2;9-12H,1-8H2;1H4. The molecular formula is C47H65ClN8. The van der Waals surface area contributed by atoms with Gasteiger partial charge < -0.3 is 37.2 Å². The van der Waals surface area contributed by atoms with Gasteiger partial charge in [0.1, 0.15) is 0 Å². The molecule has 0 unspecified atom stereocenters. The Balaban J connectivity index is 0.000000176. The van der Waals surface area contributed by atoms with Crippen LogP contribution in [-0.4, -0.2) is 110 Å². The summed E-state index contributed by atoms with van der Waals surface area (Å²) in [5.41, 5.74) is 2.69. The number of benzene rings is 6. The molecule has 300 valence electrons. The Morgan fingerprint density at radius 1 is 0.375 bits per heavy atom. The van der Waals surface area contributed by atoms with Crippen LogP contribution in [0, 0.1) is 0 Å². The third-order valence-corrected chi connectivity index (χ3v) is 10.6. The van der Waals surface area contributed by atoms with Crippen LogP contribution in [0.15, 0.2) is 109 Å². The van der Waals surface area contributed by atoms with Gasteiger partial charge in [-0.2, -0.15) is 0 Å². The van der Waals surface area contributed by atoms with Crippen molar-refractivity contribution in [2.75, 3.05) is 105 Å². The molecular weight excluding hydrogens is 712 g/mol. The second kappa shape index (κ2) is 24.9. The molecule has 0 amide bonds. The molecule has 8 rings (SSSR count). The van der Waals surface area contributed by atoms with Crippen LogP contribution in [0.4, 0.5) is 0 Å². The molecule has 7 N–H and O–H groups in total. The van der Waals surface area contributed by atoms with Crippen molar-refractivity contribution in [3.8, 4) is 0 Å². The summed E-state index contributed by atoms with van der Waals surface area (Å²) < 4.78 is 0. The lowest BCUT2D eigenvalue weighted by Gasteiger charge is -2.25. The molecule has 6 aromatic carbocycles. The van der Waals surface area contributed by atoms with Crippen LogP contribution in [0.5, 0.6) is 0 Å². The van der Waals surface area contributed by atoms with Crippen LogP contribution in [0.25, 0.3) is 43.1 Å². The highest BCUT2D eigenvalue weighted by Gasteiger charge is 2.13. The lowest BCUT2D eigenvalue weighted by molar-refractivity contribution is 0.265. The van der Waals surface area contributed by atoms with Crippen molar-refractivity contribution in [2.24, 2.45) is 0 Å². The minimum Gasteiger partial charge on any atom is -0.314 e. The molecule has 2 fully saturated rings. The summed E-state index contributed by atoms with van der Waals surface area (Å²) in [7, 11) is 0. The maximum Gasteiger partial charge on any atom is 0.0486 e. The average Bonchev–Trinajstić information content (AvgIpc) is 3.21. The van der Waals surface area contributed by atoms with Crippen LogP contribution >= 0.6 is 11.6 Å². The van der Waals surface area contributed by atoms with Crippen molar-refractivity contribution in [1.82, 2.24) is 42.1 Å². The van der Waals surface area contributed by atoms with Gasteiger partial charge in [-0.3, -0.25) is 4.90 Å². The fourth-order valence-electron chi connectivity index (χ4n) is 7.43. The number of nitrogens with zero attached hydrogens (tertiary/aromatic N) is 1. The quantitative estimate of drug-likeness (QED) is 0.0834. The molecule has 0 saturated carbocycles. The van der Waals surface area contributed by atoms with E-state index < -0.39 is 0 Å². The molecule has 0 aromatic heterocycles. The summed E-state index contributed by atoms with van der Waals surface area (Å²) in [5, 5.41) is 34.5. The van der Waals surface area contributed by atoms with E-state index in [1.165, 1.54) is 54.2 Å². The van der Waals surface area contributed by atoms with Crippen LogP contribution < -0.4 is 37.2 Å². The van der Waals surface area contributed by atoms with E-state index in [1.54, 1.807) is 0 Å². The molecule has 56 heavy (non-hydrogen) atoms. The zero-order chi connectivity index (χ0) is 37.8. The van der Waals surface area contributed by atoms with E-state index in [0.717, 1.165) is 111 Å². The lowest BCUT2D eigenvalue weighted by atomic mass is 9.96. The first-order valence-electron chi connectivity index (χ1n) is 20.3. The molecule has 0 aliphatic carbocycles. The van der Waals surface area contributed by atoms with Crippen LogP contribution in [-0.2, 0) is 12.4 Å². The van der Waals surface area contributed by atoms with Crippen LogP contribution in [0.2, 0.25) is 0 Å². The average molecular weight is 778 g/mol. The summed E-state index contributed by atoms with van der Waals surface area (Å²) in [6.45, 7) is 17.9. The van der Waals surface area contributed by atoms with Crippen molar-refractivity contribution in [2.45, 2.75) is 19.9 Å². The molecule has 0 bridgehead atoms. The highest BCUT2D eigenvalue weighted by molar-refractivity contribution is 6.20. The number of nitrogens with one attached hydrogen (secondary N) is 7. The number of hydrogen-bond donors (Lipinski definition) is 7. The first kappa shape index (κ1) is 43.5. The number of hydrogen-bond acceptors (Lipinski definition) is 8. The fourth-order valence-corrected chi connectivity index (χ4v) is 7.72. The first-order valence-corrected chi connectivity index (χ1v) is 20.9. The summed E-state index contributed by atoms with van der Waals surface area (Å²) in [6, 6.07) is 39.0. The van der Waals surface area contributed by atoms with Gasteiger partial charge in [0.05, 0.1) is 0 Å².